The number of pyridine rings is 1. The van der Waals surface area contributed by atoms with Gasteiger partial charge in [0.05, 0.1) is 31.3 Å². The smallest absolute Gasteiger partial charge is 0.305 e. The Hall–Kier alpha value is -4.74. The Kier molecular flexibility index (Phi) is 20.9. The van der Waals surface area contributed by atoms with Gasteiger partial charge >= 0.3 is 5.97 Å². The fourth-order valence-electron chi connectivity index (χ4n) is 5.32. The highest BCUT2D eigenvalue weighted by molar-refractivity contribution is 6.05. The van der Waals surface area contributed by atoms with Gasteiger partial charge in [-0.05, 0) is 55.4 Å². The normalized spacial score (nSPS) is 13.7. The van der Waals surface area contributed by atoms with Gasteiger partial charge in [0.15, 0.2) is 23.5 Å². The highest BCUT2D eigenvalue weighted by Crippen LogP contribution is 2.34. The van der Waals surface area contributed by atoms with Crippen LogP contribution in [0.2, 0.25) is 0 Å². The van der Waals surface area contributed by atoms with E-state index in [2.05, 4.69) is 36.0 Å². The molecule has 0 aliphatic carbocycles. The summed E-state index contributed by atoms with van der Waals surface area (Å²) in [6, 6.07) is 10.9. The van der Waals surface area contributed by atoms with Gasteiger partial charge < -0.3 is 48.5 Å². The molecule has 4 heterocycles. The Bertz CT molecular complexity index is 1790. The quantitative estimate of drug-likeness (QED) is 0.0491. The lowest BCUT2D eigenvalue weighted by Crippen LogP contribution is -2.37. The van der Waals surface area contributed by atoms with Crippen LogP contribution >= 0.6 is 0 Å². The molecule has 1 aliphatic heterocycles. The highest BCUT2D eigenvalue weighted by Gasteiger charge is 2.23. The van der Waals surface area contributed by atoms with Gasteiger partial charge in [0.25, 0.3) is 6.47 Å². The van der Waals surface area contributed by atoms with Gasteiger partial charge in [-0.25, -0.2) is 15.0 Å². The number of furan rings is 1. The number of nitrogens with zero attached hydrogens (tertiary/aromatic N) is 4. The third-order valence-corrected chi connectivity index (χ3v) is 8.18. The van der Waals surface area contributed by atoms with E-state index < -0.39 is 18.4 Å². The van der Waals surface area contributed by atoms with E-state index in [0.29, 0.717) is 86.6 Å². The zero-order chi connectivity index (χ0) is 41.6. The minimum Gasteiger partial charge on any atom is -0.460 e. The average Bonchev–Trinajstić information content (AvgIpc) is 3.58. The summed E-state index contributed by atoms with van der Waals surface area (Å²) in [6.45, 7) is 14.0. The molecule has 3 aromatic heterocycles. The van der Waals surface area contributed by atoms with E-state index in [4.69, 9.17) is 43.2 Å². The maximum Gasteiger partial charge on any atom is 0.305 e. The van der Waals surface area contributed by atoms with Gasteiger partial charge in [-0.15, -0.1) is 0 Å². The molecule has 16 nitrogen and oxygen atoms in total. The number of rotatable bonds is 19. The molecule has 2 unspecified atom stereocenters. The van der Waals surface area contributed by atoms with Crippen LogP contribution in [0.1, 0.15) is 66.7 Å². The second-order valence-electron chi connectivity index (χ2n) is 14.2. The molecule has 1 fully saturated rings. The molecular weight excluding hydrogens is 738 g/mol. The summed E-state index contributed by atoms with van der Waals surface area (Å²) in [6.07, 6.45) is 2.36. The fourth-order valence-corrected chi connectivity index (χ4v) is 5.32. The Morgan fingerprint density at radius 3 is 2.46 bits per heavy atom. The Morgan fingerprint density at radius 2 is 1.77 bits per heavy atom. The summed E-state index contributed by atoms with van der Waals surface area (Å²) in [7, 11) is 1.64. The fraction of sp³-hybridized carbons (Fsp3) is 0.561. The summed E-state index contributed by atoms with van der Waals surface area (Å²) in [5, 5.41) is 22.3. The van der Waals surface area contributed by atoms with Crippen LogP contribution in [0.25, 0.3) is 33.6 Å². The van der Waals surface area contributed by atoms with Crippen molar-refractivity contribution in [2.45, 2.75) is 79.1 Å². The Labute approximate surface area is 334 Å². The van der Waals surface area contributed by atoms with E-state index in [1.54, 1.807) is 31.5 Å². The number of morpholine rings is 1. The van der Waals surface area contributed by atoms with Crippen LogP contribution in [0.4, 0.5) is 5.82 Å². The summed E-state index contributed by atoms with van der Waals surface area (Å²) in [5.74, 6) is 1.93. The lowest BCUT2D eigenvalue weighted by Gasteiger charge is -2.27. The molecule has 0 bridgehead atoms. The zero-order valence-corrected chi connectivity index (χ0v) is 34.0. The van der Waals surface area contributed by atoms with Crippen LogP contribution in [-0.4, -0.2) is 116 Å². The van der Waals surface area contributed by atoms with Crippen LogP contribution in [0.5, 0.6) is 5.75 Å². The molecule has 1 amide bonds. The molecule has 0 radical (unpaired) electrons. The van der Waals surface area contributed by atoms with Crippen molar-refractivity contribution in [1.82, 2.24) is 20.3 Å². The van der Waals surface area contributed by atoms with Crippen molar-refractivity contribution in [2.24, 2.45) is 11.8 Å². The molecule has 4 aromatic rings. The first kappa shape index (κ1) is 46.6. The van der Waals surface area contributed by atoms with E-state index in [9.17, 15) is 19.5 Å². The number of benzene rings is 1. The number of ether oxygens (including phenoxy) is 5. The summed E-state index contributed by atoms with van der Waals surface area (Å²) >= 11 is 0. The number of aliphatic hydroxyl groups is 2. The van der Waals surface area contributed by atoms with Gasteiger partial charge in [0, 0.05) is 58.0 Å². The third kappa shape index (κ3) is 16.3. The number of methoxy groups -OCH3 is 1. The molecule has 1 saturated heterocycles. The van der Waals surface area contributed by atoms with Crippen LogP contribution in [0, 0.1) is 11.8 Å². The number of hydrogen-bond donors (Lipinski definition) is 3. The van der Waals surface area contributed by atoms with Crippen LogP contribution in [0.3, 0.4) is 0 Å². The van der Waals surface area contributed by atoms with Crippen LogP contribution in [0.15, 0.2) is 47.0 Å². The number of carbonyl (C=O) groups excluding carboxylic acids is 3. The number of anilines is 1. The van der Waals surface area contributed by atoms with Crippen molar-refractivity contribution < 1.29 is 52.7 Å². The first-order valence-corrected chi connectivity index (χ1v) is 19.4. The van der Waals surface area contributed by atoms with Crippen molar-refractivity contribution in [3.05, 3.63) is 42.6 Å². The molecule has 1 aliphatic rings. The minimum absolute atomic E-state index is 0.0309. The standard InChI is InChI=1S/C20H16N4O4.C17H33NO7.C4H10/c25-12-27-14-4-1-3-13(11-14)18-22-16-15-5-2-6-21-20(15)28-17(16)19(23-18)24-7-9-26-10-8-24;1-13(2)14(11-19)25-17(22)12-24-16(21)8-6-7-15(20)18-9-4-5-10-23-3;1-4(2)3/h1-6,11-12H,7-10H2;13-14,17,19,22H,4-12H2,1-3H3,(H,18,20);4H,1-3H3. The number of esters is 1. The number of fused-ring (bicyclic) bond motifs is 3. The first-order chi connectivity index (χ1) is 27.5. The van der Waals surface area contributed by atoms with Crippen molar-refractivity contribution in [1.29, 1.82) is 0 Å². The third-order valence-electron chi connectivity index (χ3n) is 8.18. The van der Waals surface area contributed by atoms with Crippen molar-refractivity contribution >= 4 is 46.4 Å². The second kappa shape index (κ2) is 25.5. The number of hydrogen-bond acceptors (Lipinski definition) is 15. The van der Waals surface area contributed by atoms with Gasteiger partial charge in [-0.3, -0.25) is 14.4 Å². The van der Waals surface area contributed by atoms with Crippen LogP contribution < -0.4 is 15.0 Å². The number of nitrogens with one attached hydrogen (secondary N) is 1. The molecule has 3 N–H and O–H groups in total. The van der Waals surface area contributed by atoms with Crippen molar-refractivity contribution in [2.75, 3.05) is 64.7 Å². The Balaban J connectivity index is 0.000000282. The van der Waals surface area contributed by atoms with Crippen molar-refractivity contribution in [3.63, 3.8) is 0 Å². The first-order valence-electron chi connectivity index (χ1n) is 19.4. The molecule has 0 spiro atoms. The molecule has 57 heavy (non-hydrogen) atoms. The lowest BCUT2D eigenvalue weighted by atomic mass is 10.1. The molecule has 1 aromatic carbocycles. The number of aromatic nitrogens is 3. The molecule has 314 valence electrons. The zero-order valence-electron chi connectivity index (χ0n) is 34.0. The van der Waals surface area contributed by atoms with E-state index >= 15 is 0 Å². The van der Waals surface area contributed by atoms with Gasteiger partial charge in [0.2, 0.25) is 11.6 Å². The predicted molar refractivity (Wildman–Crippen MR) is 215 cm³/mol. The molecule has 2 atom stereocenters. The van der Waals surface area contributed by atoms with E-state index in [-0.39, 0.29) is 37.9 Å². The van der Waals surface area contributed by atoms with E-state index in [1.165, 1.54) is 0 Å². The van der Waals surface area contributed by atoms with Gasteiger partial charge in [-0.2, -0.15) is 0 Å². The minimum atomic E-state index is -1.28. The monoisotopic (exact) mass is 797 g/mol. The SMILES string of the molecule is CC(C)C.COCCCCNC(=O)CCCC(=O)OCC(O)OC(CO)C(C)C.O=COc1cccc(-c2nc(N3CCOCC3)c3oc4ncccc4c3n2)c1. The Morgan fingerprint density at radius 1 is 1.02 bits per heavy atom. The number of carbonyl (C=O) groups is 3. The largest absolute Gasteiger partial charge is 0.460 e. The lowest BCUT2D eigenvalue weighted by molar-refractivity contribution is -0.190. The van der Waals surface area contributed by atoms with Gasteiger partial charge in [-0.1, -0.05) is 46.8 Å². The maximum atomic E-state index is 11.6. The molecule has 5 rings (SSSR count). The highest BCUT2D eigenvalue weighted by atomic mass is 16.6. The number of aliphatic hydroxyl groups excluding tert-OH is 2. The number of unbranched alkanes of at least 4 members (excludes halogenated alkanes) is 1. The molecular formula is C41H59N5O11. The van der Waals surface area contributed by atoms with Crippen LogP contribution in [-0.2, 0) is 33.3 Å². The topological polar surface area (TPSA) is 205 Å². The van der Waals surface area contributed by atoms with E-state index in [0.717, 1.165) is 29.7 Å². The second-order valence-corrected chi connectivity index (χ2v) is 14.2. The molecule has 16 heteroatoms. The molecule has 0 saturated carbocycles. The van der Waals surface area contributed by atoms with Gasteiger partial charge in [0.1, 0.15) is 17.9 Å². The summed E-state index contributed by atoms with van der Waals surface area (Å²) in [5.41, 5.74) is 2.58. The number of amides is 1. The van der Waals surface area contributed by atoms with Crippen molar-refractivity contribution in [3.8, 4) is 17.1 Å². The summed E-state index contributed by atoms with van der Waals surface area (Å²) < 4.78 is 31.4. The summed E-state index contributed by atoms with van der Waals surface area (Å²) in [4.78, 5) is 49.8. The average molecular weight is 798 g/mol. The maximum absolute atomic E-state index is 11.6. The predicted octanol–water partition coefficient (Wildman–Crippen LogP) is 5.07. The van der Waals surface area contributed by atoms with E-state index in [1.807, 2.05) is 32.0 Å².